The molecule has 0 bridgehead atoms. The molecule has 38 heavy (non-hydrogen) atoms. The minimum Gasteiger partial charge on any atom is -0.443 e. The molecule has 0 unspecified atom stereocenters. The number of aromatic nitrogens is 2. The van der Waals surface area contributed by atoms with E-state index in [2.05, 4.69) is 20.6 Å². The molecule has 0 radical (unpaired) electrons. The van der Waals surface area contributed by atoms with Gasteiger partial charge in [-0.2, -0.15) is 14.9 Å². The molecule has 0 aliphatic rings. The number of aryl methyl sites for hydroxylation is 1. The topological polar surface area (TPSA) is 132 Å². The molecule has 1 heterocycles. The summed E-state index contributed by atoms with van der Waals surface area (Å²) in [6, 6.07) is 13.0. The van der Waals surface area contributed by atoms with Crippen LogP contribution in [0, 0.1) is 12.7 Å². The predicted molar refractivity (Wildman–Crippen MR) is 146 cm³/mol. The van der Waals surface area contributed by atoms with Gasteiger partial charge in [-0.3, -0.25) is 0 Å². The van der Waals surface area contributed by atoms with Gasteiger partial charge in [0, 0.05) is 11.8 Å². The molecule has 0 aliphatic heterocycles. The molecule has 0 spiro atoms. The molecule has 11 heteroatoms. The van der Waals surface area contributed by atoms with Crippen LogP contribution in [-0.2, 0) is 9.47 Å². The zero-order valence-electron chi connectivity index (χ0n) is 22.5. The highest BCUT2D eigenvalue weighted by Gasteiger charge is 2.34. The van der Waals surface area contributed by atoms with E-state index in [0.29, 0.717) is 10.6 Å². The molecule has 1 aromatic heterocycles. The van der Waals surface area contributed by atoms with Crippen LogP contribution in [0.4, 0.5) is 48.6 Å². The van der Waals surface area contributed by atoms with Crippen molar-refractivity contribution in [2.24, 2.45) is 0 Å². The smallest absolute Gasteiger partial charge is 0.425 e. The number of hydrogen-bond acceptors (Lipinski definition) is 9. The minimum absolute atomic E-state index is 0.0425. The lowest BCUT2D eigenvalue weighted by molar-refractivity contribution is 0.0429. The lowest BCUT2D eigenvalue weighted by Crippen LogP contribution is -2.44. The summed E-state index contributed by atoms with van der Waals surface area (Å²) in [7, 11) is 0. The van der Waals surface area contributed by atoms with Crippen LogP contribution < -0.4 is 21.3 Å². The van der Waals surface area contributed by atoms with E-state index in [-0.39, 0.29) is 29.0 Å². The average molecular weight is 525 g/mol. The van der Waals surface area contributed by atoms with Crippen LogP contribution in [-0.4, -0.2) is 33.4 Å². The lowest BCUT2D eigenvalue weighted by Gasteiger charge is -2.28. The maximum atomic E-state index is 14.1. The number of nitrogens with one attached hydrogen (secondary N) is 2. The Kier molecular flexibility index (Phi) is 8.09. The summed E-state index contributed by atoms with van der Waals surface area (Å²) in [5.41, 5.74) is 5.87. The van der Waals surface area contributed by atoms with Crippen molar-refractivity contribution < 1.29 is 23.5 Å². The molecule has 3 aromatic rings. The van der Waals surface area contributed by atoms with E-state index in [0.717, 1.165) is 5.56 Å². The third kappa shape index (κ3) is 7.79. The Morgan fingerprint density at radius 2 is 1.47 bits per heavy atom. The number of benzene rings is 2. The first-order valence-corrected chi connectivity index (χ1v) is 11.9. The monoisotopic (exact) mass is 524 g/mol. The summed E-state index contributed by atoms with van der Waals surface area (Å²) in [6.45, 7) is 12.0. The van der Waals surface area contributed by atoms with Gasteiger partial charge < -0.3 is 25.8 Å². The van der Waals surface area contributed by atoms with Gasteiger partial charge in [0.2, 0.25) is 5.95 Å². The average Bonchev–Trinajstić information content (AvgIpc) is 2.76. The Morgan fingerprint density at radius 1 is 0.895 bits per heavy atom. The zero-order valence-corrected chi connectivity index (χ0v) is 22.5. The van der Waals surface area contributed by atoms with E-state index in [4.69, 9.17) is 15.2 Å². The van der Waals surface area contributed by atoms with Crippen molar-refractivity contribution >= 4 is 46.8 Å². The molecule has 0 saturated heterocycles. The van der Waals surface area contributed by atoms with Crippen molar-refractivity contribution in [2.75, 3.05) is 21.3 Å². The Morgan fingerprint density at radius 3 is 2.03 bits per heavy atom. The molecule has 0 aliphatic carbocycles. The van der Waals surface area contributed by atoms with E-state index >= 15 is 0 Å². The molecular formula is C27H33FN6O4. The number of ether oxygens (including phenoxy) is 2. The van der Waals surface area contributed by atoms with Crippen molar-refractivity contribution in [3.8, 4) is 0 Å². The number of carbonyl (C=O) groups is 2. The number of para-hydroxylation sites is 1. The second-order valence-corrected chi connectivity index (χ2v) is 10.5. The number of hydrogen-bond donors (Lipinski definition) is 3. The highest BCUT2D eigenvalue weighted by Crippen LogP contribution is 2.29. The van der Waals surface area contributed by atoms with Gasteiger partial charge in [0.05, 0.1) is 11.4 Å². The summed E-state index contributed by atoms with van der Waals surface area (Å²) < 4.78 is 25.0. The number of rotatable bonds is 5. The maximum absolute atomic E-state index is 14.1. The molecular weight excluding hydrogens is 491 g/mol. The second kappa shape index (κ2) is 10.9. The van der Waals surface area contributed by atoms with Crippen molar-refractivity contribution in [1.82, 2.24) is 9.97 Å². The zero-order chi connectivity index (χ0) is 28.3. The van der Waals surface area contributed by atoms with E-state index < -0.39 is 29.2 Å². The molecule has 4 N–H and O–H groups in total. The molecule has 2 amide bonds. The summed E-state index contributed by atoms with van der Waals surface area (Å²) in [5.74, 6) is -0.595. The van der Waals surface area contributed by atoms with Gasteiger partial charge in [0.15, 0.2) is 5.82 Å². The molecule has 0 saturated carbocycles. The second-order valence-electron chi connectivity index (χ2n) is 10.5. The number of nitrogens with two attached hydrogens (primary N) is 1. The fourth-order valence-electron chi connectivity index (χ4n) is 3.10. The number of anilines is 6. The van der Waals surface area contributed by atoms with E-state index in [1.807, 2.05) is 31.2 Å². The van der Waals surface area contributed by atoms with Crippen molar-refractivity contribution in [2.45, 2.75) is 59.7 Å². The van der Waals surface area contributed by atoms with Crippen LogP contribution in [0.2, 0.25) is 0 Å². The number of halogens is 1. The van der Waals surface area contributed by atoms with Gasteiger partial charge in [-0.25, -0.2) is 14.0 Å². The van der Waals surface area contributed by atoms with Crippen LogP contribution in [0.3, 0.4) is 0 Å². The number of nitrogen functional groups attached to an aromatic ring is 1. The van der Waals surface area contributed by atoms with Gasteiger partial charge in [0.25, 0.3) is 0 Å². The standard InChI is InChI=1S/C27H33FN6O4/c1-16-11-13-17(14-12-16)30-23-32-20(31-19-10-8-9-18(28)22(19)29)15-21(33-23)34(24(35)37-26(2,3)4)25(36)38-27(5,6)7/h8-15H,29H2,1-7H3,(H2,30,31,32,33). The first-order chi connectivity index (χ1) is 17.6. The van der Waals surface area contributed by atoms with Crippen LogP contribution in [0.25, 0.3) is 0 Å². The largest absolute Gasteiger partial charge is 0.443 e. The van der Waals surface area contributed by atoms with Gasteiger partial charge >= 0.3 is 12.2 Å². The highest BCUT2D eigenvalue weighted by atomic mass is 19.1. The summed E-state index contributed by atoms with van der Waals surface area (Å²) in [6.07, 6.45) is -1.99. The van der Waals surface area contributed by atoms with Gasteiger partial charge in [-0.15, -0.1) is 0 Å². The molecule has 0 fully saturated rings. The first-order valence-electron chi connectivity index (χ1n) is 11.9. The Labute approximate surface area is 221 Å². The van der Waals surface area contributed by atoms with Crippen molar-refractivity contribution in [1.29, 1.82) is 0 Å². The molecule has 0 atom stereocenters. The third-order valence-corrected chi connectivity index (χ3v) is 4.72. The lowest BCUT2D eigenvalue weighted by atomic mass is 10.2. The Hall–Kier alpha value is -4.41. The van der Waals surface area contributed by atoms with Crippen LogP contribution >= 0.6 is 0 Å². The SMILES string of the molecule is Cc1ccc(Nc2nc(Nc3cccc(F)c3N)cc(N(C(=O)OC(C)(C)C)C(=O)OC(C)(C)C)n2)cc1. The summed E-state index contributed by atoms with van der Waals surface area (Å²) in [5, 5.41) is 5.99. The molecule has 202 valence electrons. The molecule has 3 rings (SSSR count). The quantitative estimate of drug-likeness (QED) is 0.313. The Bertz CT molecular complexity index is 1290. The van der Waals surface area contributed by atoms with E-state index in [1.165, 1.54) is 18.2 Å². The third-order valence-electron chi connectivity index (χ3n) is 4.72. The van der Waals surface area contributed by atoms with E-state index in [1.54, 1.807) is 47.6 Å². The van der Waals surface area contributed by atoms with Gasteiger partial charge in [-0.1, -0.05) is 23.8 Å². The minimum atomic E-state index is -0.997. The number of imide groups is 1. The van der Waals surface area contributed by atoms with Crippen LogP contribution in [0.15, 0.2) is 48.5 Å². The first kappa shape index (κ1) is 28.2. The fourth-order valence-corrected chi connectivity index (χ4v) is 3.10. The van der Waals surface area contributed by atoms with E-state index in [9.17, 15) is 14.0 Å². The molecule has 2 aromatic carbocycles. The Balaban J connectivity index is 2.12. The van der Waals surface area contributed by atoms with Crippen molar-refractivity contribution in [3.63, 3.8) is 0 Å². The number of carbonyl (C=O) groups excluding carboxylic acids is 2. The predicted octanol–water partition coefficient (Wildman–Crippen LogP) is 6.67. The number of nitrogens with zero attached hydrogens (tertiary/aromatic N) is 3. The maximum Gasteiger partial charge on any atom is 0.425 e. The van der Waals surface area contributed by atoms with Gasteiger partial charge in [-0.05, 0) is 72.7 Å². The van der Waals surface area contributed by atoms with Crippen LogP contribution in [0.5, 0.6) is 0 Å². The summed E-state index contributed by atoms with van der Waals surface area (Å²) in [4.78, 5) is 35.9. The molecule has 10 nitrogen and oxygen atoms in total. The van der Waals surface area contributed by atoms with Crippen molar-refractivity contribution in [3.05, 3.63) is 59.9 Å². The van der Waals surface area contributed by atoms with Crippen LogP contribution in [0.1, 0.15) is 47.1 Å². The fraction of sp³-hybridized carbons (Fsp3) is 0.333. The van der Waals surface area contributed by atoms with Gasteiger partial charge in [0.1, 0.15) is 22.8 Å². The highest BCUT2D eigenvalue weighted by molar-refractivity contribution is 6.09. The number of amides is 2. The normalized spacial score (nSPS) is 11.5. The summed E-state index contributed by atoms with van der Waals surface area (Å²) >= 11 is 0.